The Morgan fingerprint density at radius 2 is 2.06 bits per heavy atom. The van der Waals surface area contributed by atoms with Gasteiger partial charge in [0.15, 0.2) is 0 Å². The number of phenolic OH excluding ortho intramolecular Hbond substituents is 1. The molecule has 0 radical (unpaired) electrons. The molecule has 168 valence electrons. The number of morpholine rings is 1. The van der Waals surface area contributed by atoms with Crippen molar-refractivity contribution in [3.63, 3.8) is 0 Å². The first-order valence-electron chi connectivity index (χ1n) is 12.2. The van der Waals surface area contributed by atoms with Gasteiger partial charge in [-0.2, -0.15) is 0 Å². The molecule has 1 amide bonds. The van der Waals surface area contributed by atoms with Gasteiger partial charge < -0.3 is 14.7 Å². The maximum Gasteiger partial charge on any atom is 0.222 e. The standard InChI is InChI=1S/C26H35NO4/c1-26-10-9-21-20-8-6-19(28)15-17(20)5-7-22(21)25(26)18(16-23(26)29)3-2-4-24(30)27-11-13-31-14-12-27/h6,8,15,18,21-22,25,28H,2-5,7,9-14,16H2,1H3/t18?,21-,22-,25+,26-/m1/s1. The van der Waals surface area contributed by atoms with Gasteiger partial charge in [-0.1, -0.05) is 13.0 Å². The normalized spacial score (nSPS) is 34.7. The molecule has 5 nitrogen and oxygen atoms in total. The van der Waals surface area contributed by atoms with E-state index in [0.29, 0.717) is 74.3 Å². The summed E-state index contributed by atoms with van der Waals surface area (Å²) in [6, 6.07) is 5.88. The Morgan fingerprint density at radius 3 is 2.87 bits per heavy atom. The summed E-state index contributed by atoms with van der Waals surface area (Å²) in [6.45, 7) is 4.93. The fraction of sp³-hybridized carbons (Fsp3) is 0.692. The van der Waals surface area contributed by atoms with Gasteiger partial charge in [0.25, 0.3) is 0 Å². The van der Waals surface area contributed by atoms with Gasteiger partial charge in [0.1, 0.15) is 11.5 Å². The number of ether oxygens (including phenoxy) is 1. The molecule has 5 heteroatoms. The number of Topliss-reactive ketones (excluding diaryl/α,β-unsaturated/α-hetero) is 1. The molecule has 1 aliphatic heterocycles. The third-order valence-electron chi connectivity index (χ3n) is 8.88. The zero-order valence-corrected chi connectivity index (χ0v) is 18.6. The topological polar surface area (TPSA) is 66.8 Å². The number of rotatable bonds is 4. The number of ketones is 1. The van der Waals surface area contributed by atoms with E-state index < -0.39 is 0 Å². The number of fused-ring (bicyclic) bond motifs is 5. The minimum absolute atomic E-state index is 0.186. The van der Waals surface area contributed by atoms with E-state index in [4.69, 9.17) is 4.74 Å². The maximum absolute atomic E-state index is 13.1. The Bertz CT molecular complexity index is 861. The highest BCUT2D eigenvalue weighted by atomic mass is 16.5. The molecule has 4 aliphatic rings. The van der Waals surface area contributed by atoms with Crippen LogP contribution in [0.15, 0.2) is 18.2 Å². The highest BCUT2D eigenvalue weighted by molar-refractivity contribution is 5.87. The van der Waals surface area contributed by atoms with Crippen LogP contribution in [0, 0.1) is 23.2 Å². The highest BCUT2D eigenvalue weighted by Gasteiger charge is 2.58. The quantitative estimate of drug-likeness (QED) is 0.790. The fourth-order valence-electron chi connectivity index (χ4n) is 7.38. The molecule has 5 atom stereocenters. The van der Waals surface area contributed by atoms with Gasteiger partial charge in [-0.05, 0) is 85.5 Å². The number of aromatic hydroxyl groups is 1. The number of amides is 1. The first-order valence-corrected chi connectivity index (χ1v) is 12.2. The monoisotopic (exact) mass is 425 g/mol. The van der Waals surface area contributed by atoms with Crippen molar-refractivity contribution in [3.8, 4) is 5.75 Å². The number of phenols is 1. The third-order valence-corrected chi connectivity index (χ3v) is 8.88. The average molecular weight is 426 g/mol. The summed E-state index contributed by atoms with van der Waals surface area (Å²) < 4.78 is 5.35. The Kier molecular flexibility index (Phi) is 5.58. The zero-order chi connectivity index (χ0) is 21.6. The van der Waals surface area contributed by atoms with Crippen molar-refractivity contribution in [1.82, 2.24) is 4.90 Å². The molecule has 1 unspecified atom stereocenters. The van der Waals surface area contributed by atoms with Crippen molar-refractivity contribution in [3.05, 3.63) is 29.3 Å². The molecule has 1 saturated heterocycles. The van der Waals surface area contributed by atoms with Crippen molar-refractivity contribution < 1.29 is 19.4 Å². The van der Waals surface area contributed by atoms with E-state index >= 15 is 0 Å². The molecule has 0 aromatic heterocycles. The van der Waals surface area contributed by atoms with Gasteiger partial charge in [0, 0.05) is 31.3 Å². The molecule has 1 aromatic carbocycles. The Hall–Kier alpha value is -1.88. The molecule has 0 bridgehead atoms. The van der Waals surface area contributed by atoms with Crippen LogP contribution in [0.5, 0.6) is 5.75 Å². The first kappa shape index (κ1) is 21.0. The van der Waals surface area contributed by atoms with Crippen molar-refractivity contribution >= 4 is 11.7 Å². The van der Waals surface area contributed by atoms with Crippen molar-refractivity contribution in [2.75, 3.05) is 26.3 Å². The summed E-state index contributed by atoms with van der Waals surface area (Å²) in [4.78, 5) is 27.6. The fourth-order valence-corrected chi connectivity index (χ4v) is 7.38. The van der Waals surface area contributed by atoms with E-state index in [0.717, 1.165) is 38.5 Å². The average Bonchev–Trinajstić information content (AvgIpc) is 3.04. The van der Waals surface area contributed by atoms with E-state index in [1.807, 2.05) is 17.0 Å². The molecule has 3 fully saturated rings. The van der Waals surface area contributed by atoms with Gasteiger partial charge in [-0.25, -0.2) is 0 Å². The van der Waals surface area contributed by atoms with E-state index in [9.17, 15) is 14.7 Å². The zero-order valence-electron chi connectivity index (χ0n) is 18.6. The van der Waals surface area contributed by atoms with Crippen molar-refractivity contribution in [1.29, 1.82) is 0 Å². The second-order valence-electron chi connectivity index (χ2n) is 10.4. The van der Waals surface area contributed by atoms with Crippen molar-refractivity contribution in [2.45, 2.75) is 64.2 Å². The van der Waals surface area contributed by atoms with E-state index in [-0.39, 0.29) is 11.3 Å². The molecule has 1 heterocycles. The SMILES string of the molecule is C[C@]12CC[C@@H]3c4ccc(O)cc4CC[C@H]3[C@@H]1C(CCCC(=O)N1CCOCC1)CC2=O. The lowest BCUT2D eigenvalue weighted by molar-refractivity contribution is -0.135. The van der Waals surface area contributed by atoms with Crippen LogP contribution in [0.1, 0.15) is 68.9 Å². The van der Waals surface area contributed by atoms with Crippen LogP contribution in [0.4, 0.5) is 0 Å². The number of carbonyl (C=O) groups is 2. The molecule has 1 aromatic rings. The molecule has 2 saturated carbocycles. The minimum atomic E-state index is -0.186. The van der Waals surface area contributed by atoms with Crippen LogP contribution in [0.3, 0.4) is 0 Å². The number of hydrogen-bond acceptors (Lipinski definition) is 4. The first-order chi connectivity index (χ1) is 15.0. The predicted molar refractivity (Wildman–Crippen MR) is 118 cm³/mol. The maximum atomic E-state index is 13.1. The van der Waals surface area contributed by atoms with Crippen molar-refractivity contribution in [2.24, 2.45) is 23.2 Å². The van der Waals surface area contributed by atoms with E-state index in [1.165, 1.54) is 11.1 Å². The number of carbonyl (C=O) groups excluding carboxylic acids is 2. The Morgan fingerprint density at radius 1 is 1.26 bits per heavy atom. The second-order valence-corrected chi connectivity index (χ2v) is 10.4. The Balaban J connectivity index is 1.29. The lowest BCUT2D eigenvalue weighted by Gasteiger charge is -2.50. The predicted octanol–water partition coefficient (Wildman–Crippen LogP) is 4.07. The van der Waals surface area contributed by atoms with Gasteiger partial charge in [0.05, 0.1) is 13.2 Å². The minimum Gasteiger partial charge on any atom is -0.508 e. The number of aryl methyl sites for hydroxylation is 1. The summed E-state index contributed by atoms with van der Waals surface area (Å²) in [5.74, 6) is 2.94. The smallest absolute Gasteiger partial charge is 0.222 e. The highest BCUT2D eigenvalue weighted by Crippen LogP contribution is 2.62. The lowest BCUT2D eigenvalue weighted by atomic mass is 9.54. The molecule has 3 aliphatic carbocycles. The van der Waals surface area contributed by atoms with Gasteiger partial charge in [-0.3, -0.25) is 9.59 Å². The number of nitrogens with zero attached hydrogens (tertiary/aromatic N) is 1. The molecular formula is C26H35NO4. The summed E-state index contributed by atoms with van der Waals surface area (Å²) >= 11 is 0. The van der Waals surface area contributed by atoms with Crippen LogP contribution in [0.2, 0.25) is 0 Å². The summed E-state index contributed by atoms with van der Waals surface area (Å²) in [7, 11) is 0. The summed E-state index contributed by atoms with van der Waals surface area (Å²) in [6.07, 6.45) is 7.29. The van der Waals surface area contributed by atoms with Crippen LogP contribution in [-0.2, 0) is 20.7 Å². The van der Waals surface area contributed by atoms with Gasteiger partial charge in [-0.15, -0.1) is 0 Å². The van der Waals surface area contributed by atoms with Crippen LogP contribution in [-0.4, -0.2) is 48.0 Å². The van der Waals surface area contributed by atoms with Gasteiger partial charge in [0.2, 0.25) is 5.91 Å². The summed E-state index contributed by atoms with van der Waals surface area (Å²) in [5.41, 5.74) is 2.51. The van der Waals surface area contributed by atoms with Crippen LogP contribution in [0.25, 0.3) is 0 Å². The summed E-state index contributed by atoms with van der Waals surface area (Å²) in [5, 5.41) is 9.91. The van der Waals surface area contributed by atoms with Gasteiger partial charge >= 0.3 is 0 Å². The number of hydrogen-bond donors (Lipinski definition) is 1. The molecule has 1 N–H and O–H groups in total. The third kappa shape index (κ3) is 3.69. The number of benzene rings is 1. The molecular weight excluding hydrogens is 390 g/mol. The Labute approximate surface area is 185 Å². The largest absolute Gasteiger partial charge is 0.508 e. The lowest BCUT2D eigenvalue weighted by Crippen LogP contribution is -2.44. The molecule has 31 heavy (non-hydrogen) atoms. The second kappa shape index (κ2) is 8.23. The van der Waals surface area contributed by atoms with E-state index in [1.54, 1.807) is 0 Å². The van der Waals surface area contributed by atoms with E-state index in [2.05, 4.69) is 13.0 Å². The molecule has 5 rings (SSSR count). The van der Waals surface area contributed by atoms with Crippen LogP contribution >= 0.6 is 0 Å². The van der Waals surface area contributed by atoms with Crippen LogP contribution < -0.4 is 0 Å². The molecule has 0 spiro atoms.